The van der Waals surface area contributed by atoms with Crippen LogP contribution in [-0.4, -0.2) is 42.5 Å². The standard InChI is InChI=1S/C18H23N3O5/c1-5-26-18(23)11-21-16(8-12(2)20-21)19-17(22)10-13-6-7-14(24-3)15(9-13)25-4/h6-9H,5,10-11H2,1-4H3,(H,19,22). The van der Waals surface area contributed by atoms with E-state index >= 15 is 0 Å². The van der Waals surface area contributed by atoms with E-state index in [1.54, 1.807) is 52.3 Å². The minimum atomic E-state index is -0.411. The molecule has 140 valence electrons. The Kier molecular flexibility index (Phi) is 6.60. The highest BCUT2D eigenvalue weighted by molar-refractivity contribution is 5.91. The zero-order chi connectivity index (χ0) is 19.1. The number of ether oxygens (including phenoxy) is 3. The number of amides is 1. The molecule has 1 aromatic carbocycles. The second-order valence-electron chi connectivity index (χ2n) is 5.55. The number of anilines is 1. The number of methoxy groups -OCH3 is 2. The van der Waals surface area contributed by atoms with Crippen molar-refractivity contribution in [3.63, 3.8) is 0 Å². The second-order valence-corrected chi connectivity index (χ2v) is 5.55. The van der Waals surface area contributed by atoms with Crippen molar-refractivity contribution in [1.82, 2.24) is 9.78 Å². The lowest BCUT2D eigenvalue weighted by atomic mass is 10.1. The number of aromatic nitrogens is 2. The van der Waals surface area contributed by atoms with Gasteiger partial charge in [-0.1, -0.05) is 6.07 Å². The van der Waals surface area contributed by atoms with Gasteiger partial charge < -0.3 is 19.5 Å². The molecule has 8 heteroatoms. The summed E-state index contributed by atoms with van der Waals surface area (Å²) in [5, 5.41) is 6.98. The molecule has 1 N–H and O–H groups in total. The molecule has 2 rings (SSSR count). The van der Waals surface area contributed by atoms with Gasteiger partial charge in [-0.3, -0.25) is 9.59 Å². The quantitative estimate of drug-likeness (QED) is 0.723. The molecule has 1 heterocycles. The van der Waals surface area contributed by atoms with Crippen molar-refractivity contribution in [2.75, 3.05) is 26.1 Å². The van der Waals surface area contributed by atoms with E-state index in [0.29, 0.717) is 29.6 Å². The molecule has 0 spiro atoms. The number of benzene rings is 1. The fourth-order valence-electron chi connectivity index (χ4n) is 2.46. The molecule has 0 aliphatic rings. The monoisotopic (exact) mass is 361 g/mol. The molecule has 0 aliphatic carbocycles. The van der Waals surface area contributed by atoms with Gasteiger partial charge in [0.15, 0.2) is 11.5 Å². The fourth-order valence-corrected chi connectivity index (χ4v) is 2.46. The summed E-state index contributed by atoms with van der Waals surface area (Å²) in [4.78, 5) is 24.0. The van der Waals surface area contributed by atoms with Crippen LogP contribution in [0.5, 0.6) is 11.5 Å². The van der Waals surface area contributed by atoms with Crippen LogP contribution >= 0.6 is 0 Å². The lowest BCUT2D eigenvalue weighted by Gasteiger charge is -2.11. The SMILES string of the molecule is CCOC(=O)Cn1nc(C)cc1NC(=O)Cc1ccc(OC)c(OC)c1. The topological polar surface area (TPSA) is 91.7 Å². The van der Waals surface area contributed by atoms with Crippen molar-refractivity contribution in [2.45, 2.75) is 26.8 Å². The first kappa shape index (κ1) is 19.3. The van der Waals surface area contributed by atoms with E-state index in [-0.39, 0.29) is 18.9 Å². The van der Waals surface area contributed by atoms with Crippen molar-refractivity contribution in [2.24, 2.45) is 0 Å². The lowest BCUT2D eigenvalue weighted by molar-refractivity contribution is -0.144. The third-order valence-electron chi connectivity index (χ3n) is 3.57. The summed E-state index contributed by atoms with van der Waals surface area (Å²) < 4.78 is 16.8. The Morgan fingerprint density at radius 1 is 1.15 bits per heavy atom. The summed E-state index contributed by atoms with van der Waals surface area (Å²) in [6.07, 6.45) is 0.143. The van der Waals surface area contributed by atoms with Crippen molar-refractivity contribution < 1.29 is 23.8 Å². The summed E-state index contributed by atoms with van der Waals surface area (Å²) in [6, 6.07) is 6.99. The summed E-state index contributed by atoms with van der Waals surface area (Å²) in [6.45, 7) is 3.75. The first-order valence-electron chi connectivity index (χ1n) is 8.17. The normalized spacial score (nSPS) is 10.3. The molecule has 0 fully saturated rings. The van der Waals surface area contributed by atoms with E-state index in [1.165, 1.54) is 4.68 Å². The Balaban J connectivity index is 2.07. The van der Waals surface area contributed by atoms with Crippen LogP contribution < -0.4 is 14.8 Å². The maximum absolute atomic E-state index is 12.4. The number of nitrogens with zero attached hydrogens (tertiary/aromatic N) is 2. The van der Waals surface area contributed by atoms with Crippen LogP contribution in [0.3, 0.4) is 0 Å². The Bertz CT molecular complexity index is 785. The van der Waals surface area contributed by atoms with Crippen molar-refractivity contribution >= 4 is 17.7 Å². The number of hydrogen-bond donors (Lipinski definition) is 1. The Labute approximate surface area is 152 Å². The maximum atomic E-state index is 12.4. The zero-order valence-corrected chi connectivity index (χ0v) is 15.4. The molecule has 8 nitrogen and oxygen atoms in total. The van der Waals surface area contributed by atoms with Crippen LogP contribution in [-0.2, 0) is 27.3 Å². The van der Waals surface area contributed by atoms with Gasteiger partial charge in [-0.15, -0.1) is 0 Å². The molecule has 0 saturated carbocycles. The van der Waals surface area contributed by atoms with E-state index in [9.17, 15) is 9.59 Å². The Morgan fingerprint density at radius 3 is 2.54 bits per heavy atom. The van der Waals surface area contributed by atoms with Gasteiger partial charge in [0.2, 0.25) is 5.91 Å². The molecule has 0 bridgehead atoms. The Morgan fingerprint density at radius 2 is 1.88 bits per heavy atom. The van der Waals surface area contributed by atoms with Crippen LogP contribution in [0.4, 0.5) is 5.82 Å². The minimum absolute atomic E-state index is 0.0619. The number of carbonyl (C=O) groups excluding carboxylic acids is 2. The average molecular weight is 361 g/mol. The van der Waals surface area contributed by atoms with Crippen LogP contribution in [0.1, 0.15) is 18.2 Å². The molecule has 1 amide bonds. The maximum Gasteiger partial charge on any atom is 0.327 e. The summed E-state index contributed by atoms with van der Waals surface area (Å²) >= 11 is 0. The third-order valence-corrected chi connectivity index (χ3v) is 3.57. The molecule has 0 aliphatic heterocycles. The number of carbonyl (C=O) groups is 2. The van der Waals surface area contributed by atoms with Crippen LogP contribution in [0.2, 0.25) is 0 Å². The predicted molar refractivity (Wildman–Crippen MR) is 95.5 cm³/mol. The van der Waals surface area contributed by atoms with Gasteiger partial charge in [-0.05, 0) is 31.5 Å². The summed E-state index contributed by atoms with van der Waals surface area (Å²) in [5.41, 5.74) is 1.46. The van der Waals surface area contributed by atoms with E-state index in [1.807, 2.05) is 0 Å². The van der Waals surface area contributed by atoms with Crippen LogP contribution in [0.25, 0.3) is 0 Å². The first-order valence-corrected chi connectivity index (χ1v) is 8.17. The highest BCUT2D eigenvalue weighted by Gasteiger charge is 2.14. The highest BCUT2D eigenvalue weighted by atomic mass is 16.5. The fraction of sp³-hybridized carbons (Fsp3) is 0.389. The zero-order valence-electron chi connectivity index (χ0n) is 15.4. The number of hydrogen-bond acceptors (Lipinski definition) is 6. The molecule has 26 heavy (non-hydrogen) atoms. The van der Waals surface area contributed by atoms with E-state index in [4.69, 9.17) is 14.2 Å². The van der Waals surface area contributed by atoms with Crippen LogP contribution in [0, 0.1) is 6.92 Å². The number of nitrogens with one attached hydrogen (secondary N) is 1. The van der Waals surface area contributed by atoms with E-state index in [0.717, 1.165) is 5.56 Å². The number of esters is 1. The molecule has 2 aromatic rings. The number of aryl methyl sites for hydroxylation is 1. The average Bonchev–Trinajstić information content (AvgIpc) is 2.93. The minimum Gasteiger partial charge on any atom is -0.493 e. The van der Waals surface area contributed by atoms with Gasteiger partial charge in [0.05, 0.1) is 32.9 Å². The second kappa shape index (κ2) is 8.89. The van der Waals surface area contributed by atoms with Gasteiger partial charge in [0.25, 0.3) is 0 Å². The third kappa shape index (κ3) is 4.98. The predicted octanol–water partition coefficient (Wildman–Crippen LogP) is 1.95. The molecule has 0 saturated heterocycles. The largest absolute Gasteiger partial charge is 0.493 e. The first-order chi connectivity index (χ1) is 12.5. The Hall–Kier alpha value is -3.03. The van der Waals surface area contributed by atoms with Crippen molar-refractivity contribution in [3.05, 3.63) is 35.5 Å². The van der Waals surface area contributed by atoms with Crippen molar-refractivity contribution in [1.29, 1.82) is 0 Å². The lowest BCUT2D eigenvalue weighted by Crippen LogP contribution is -2.21. The van der Waals surface area contributed by atoms with Gasteiger partial charge in [0.1, 0.15) is 12.4 Å². The van der Waals surface area contributed by atoms with Gasteiger partial charge >= 0.3 is 5.97 Å². The highest BCUT2D eigenvalue weighted by Crippen LogP contribution is 2.27. The van der Waals surface area contributed by atoms with Crippen LogP contribution in [0.15, 0.2) is 24.3 Å². The molecular weight excluding hydrogens is 338 g/mol. The van der Waals surface area contributed by atoms with Crippen molar-refractivity contribution in [3.8, 4) is 11.5 Å². The molecule has 0 atom stereocenters. The smallest absolute Gasteiger partial charge is 0.327 e. The molecular formula is C18H23N3O5. The van der Waals surface area contributed by atoms with Gasteiger partial charge in [-0.25, -0.2) is 4.68 Å². The molecule has 0 unspecified atom stereocenters. The van der Waals surface area contributed by atoms with Gasteiger partial charge in [-0.2, -0.15) is 5.10 Å². The molecule has 1 aromatic heterocycles. The molecule has 0 radical (unpaired) electrons. The van der Waals surface area contributed by atoms with E-state index < -0.39 is 5.97 Å². The summed E-state index contributed by atoms with van der Waals surface area (Å²) in [7, 11) is 3.09. The van der Waals surface area contributed by atoms with E-state index in [2.05, 4.69) is 10.4 Å². The number of rotatable bonds is 8. The van der Waals surface area contributed by atoms with Gasteiger partial charge in [0, 0.05) is 6.07 Å². The summed E-state index contributed by atoms with van der Waals surface area (Å²) in [5.74, 6) is 0.954.